The van der Waals surface area contributed by atoms with Crippen LogP contribution in [0.15, 0.2) is 36.7 Å². The number of aromatic nitrogens is 1. The van der Waals surface area contributed by atoms with Crippen LogP contribution in [-0.2, 0) is 11.3 Å². The Balaban J connectivity index is 1.35. The SMILES string of the molecule is O=C(NC[C@@H]1CCCN(Cc2cccc3cnccc23)C1)C1CCC1. The van der Waals surface area contributed by atoms with Gasteiger partial charge in [0.15, 0.2) is 0 Å². The second kappa shape index (κ2) is 7.52. The number of nitrogens with zero attached hydrogens (tertiary/aromatic N) is 2. The van der Waals surface area contributed by atoms with E-state index in [2.05, 4.69) is 39.5 Å². The number of hydrogen-bond acceptors (Lipinski definition) is 3. The van der Waals surface area contributed by atoms with E-state index in [1.165, 1.54) is 35.6 Å². The molecule has 1 aliphatic carbocycles. The Kier molecular flexibility index (Phi) is 4.97. The Morgan fingerprint density at radius 1 is 1.20 bits per heavy atom. The average molecular weight is 337 g/mol. The number of nitrogens with one attached hydrogen (secondary N) is 1. The molecular formula is C21H27N3O. The van der Waals surface area contributed by atoms with Crippen molar-refractivity contribution >= 4 is 16.7 Å². The number of rotatable bonds is 5. The molecule has 0 unspecified atom stereocenters. The summed E-state index contributed by atoms with van der Waals surface area (Å²) in [5.74, 6) is 1.16. The number of likely N-dealkylation sites (tertiary alicyclic amines) is 1. The van der Waals surface area contributed by atoms with Crippen molar-refractivity contribution in [1.29, 1.82) is 0 Å². The topological polar surface area (TPSA) is 45.2 Å². The van der Waals surface area contributed by atoms with Gasteiger partial charge in [0.05, 0.1) is 0 Å². The van der Waals surface area contributed by atoms with E-state index in [9.17, 15) is 4.79 Å². The Morgan fingerprint density at radius 2 is 2.12 bits per heavy atom. The highest BCUT2D eigenvalue weighted by molar-refractivity contribution is 5.84. The van der Waals surface area contributed by atoms with E-state index < -0.39 is 0 Å². The van der Waals surface area contributed by atoms with Crippen LogP contribution < -0.4 is 5.32 Å². The predicted molar refractivity (Wildman–Crippen MR) is 100 cm³/mol. The van der Waals surface area contributed by atoms with Crippen molar-refractivity contribution in [2.24, 2.45) is 11.8 Å². The van der Waals surface area contributed by atoms with Gasteiger partial charge in [-0.3, -0.25) is 14.7 Å². The van der Waals surface area contributed by atoms with E-state index >= 15 is 0 Å². The zero-order valence-corrected chi connectivity index (χ0v) is 14.8. The third kappa shape index (κ3) is 3.84. The number of piperidine rings is 1. The Bertz CT molecular complexity index is 736. The van der Waals surface area contributed by atoms with Gasteiger partial charge in [-0.25, -0.2) is 0 Å². The number of carbonyl (C=O) groups excluding carboxylic acids is 1. The number of hydrogen-bond donors (Lipinski definition) is 1. The maximum atomic E-state index is 12.1. The van der Waals surface area contributed by atoms with Crippen molar-refractivity contribution in [3.05, 3.63) is 42.2 Å². The highest BCUT2D eigenvalue weighted by Gasteiger charge is 2.26. The molecule has 132 valence electrons. The van der Waals surface area contributed by atoms with Crippen molar-refractivity contribution in [1.82, 2.24) is 15.2 Å². The minimum absolute atomic E-state index is 0.282. The fourth-order valence-electron chi connectivity index (χ4n) is 4.09. The van der Waals surface area contributed by atoms with Crippen LogP contribution in [0.4, 0.5) is 0 Å². The summed E-state index contributed by atoms with van der Waals surface area (Å²) in [7, 11) is 0. The second-order valence-corrected chi connectivity index (χ2v) is 7.63. The monoisotopic (exact) mass is 337 g/mol. The van der Waals surface area contributed by atoms with E-state index in [-0.39, 0.29) is 5.91 Å². The van der Waals surface area contributed by atoms with Gasteiger partial charge in [0.1, 0.15) is 0 Å². The first-order valence-electron chi connectivity index (χ1n) is 9.61. The van der Waals surface area contributed by atoms with Crippen molar-refractivity contribution in [2.45, 2.75) is 38.6 Å². The molecule has 1 atom stereocenters. The molecule has 1 aromatic carbocycles. The van der Waals surface area contributed by atoms with Gasteiger partial charge in [-0.2, -0.15) is 0 Å². The smallest absolute Gasteiger partial charge is 0.223 e. The summed E-state index contributed by atoms with van der Waals surface area (Å²) >= 11 is 0. The highest BCUT2D eigenvalue weighted by atomic mass is 16.1. The molecule has 0 bridgehead atoms. The Hall–Kier alpha value is -1.94. The molecule has 25 heavy (non-hydrogen) atoms. The molecule has 1 aliphatic heterocycles. The first-order valence-corrected chi connectivity index (χ1v) is 9.61. The summed E-state index contributed by atoms with van der Waals surface area (Å²) in [5.41, 5.74) is 1.37. The molecule has 1 N–H and O–H groups in total. The van der Waals surface area contributed by atoms with Crippen LogP contribution in [0.5, 0.6) is 0 Å². The molecule has 1 aromatic heterocycles. The van der Waals surface area contributed by atoms with Crippen molar-refractivity contribution in [2.75, 3.05) is 19.6 Å². The van der Waals surface area contributed by atoms with Crippen LogP contribution in [-0.4, -0.2) is 35.4 Å². The lowest BCUT2D eigenvalue weighted by molar-refractivity contribution is -0.127. The predicted octanol–water partition coefficient (Wildman–Crippen LogP) is 3.36. The van der Waals surface area contributed by atoms with Gasteiger partial charge in [0.25, 0.3) is 0 Å². The molecule has 2 aromatic rings. The van der Waals surface area contributed by atoms with E-state index in [0.717, 1.165) is 39.0 Å². The molecule has 2 aliphatic rings. The largest absolute Gasteiger partial charge is 0.356 e. The maximum absolute atomic E-state index is 12.1. The van der Waals surface area contributed by atoms with Crippen LogP contribution in [0.3, 0.4) is 0 Å². The zero-order chi connectivity index (χ0) is 17.1. The summed E-state index contributed by atoms with van der Waals surface area (Å²) in [5, 5.41) is 5.71. The minimum Gasteiger partial charge on any atom is -0.356 e. The molecule has 4 nitrogen and oxygen atoms in total. The molecular weight excluding hydrogens is 310 g/mol. The quantitative estimate of drug-likeness (QED) is 0.910. The summed E-state index contributed by atoms with van der Waals surface area (Å²) < 4.78 is 0. The second-order valence-electron chi connectivity index (χ2n) is 7.63. The lowest BCUT2D eigenvalue weighted by Gasteiger charge is -2.33. The zero-order valence-electron chi connectivity index (χ0n) is 14.8. The molecule has 2 heterocycles. The van der Waals surface area contributed by atoms with Gasteiger partial charge in [-0.05, 0) is 55.2 Å². The van der Waals surface area contributed by atoms with Crippen molar-refractivity contribution in [3.63, 3.8) is 0 Å². The molecule has 2 fully saturated rings. The number of benzene rings is 1. The third-order valence-electron chi connectivity index (χ3n) is 5.81. The average Bonchev–Trinajstić information content (AvgIpc) is 2.59. The Morgan fingerprint density at radius 3 is 2.96 bits per heavy atom. The van der Waals surface area contributed by atoms with Crippen LogP contribution >= 0.6 is 0 Å². The first-order chi connectivity index (χ1) is 12.3. The fraction of sp³-hybridized carbons (Fsp3) is 0.524. The summed E-state index contributed by atoms with van der Waals surface area (Å²) in [6.07, 6.45) is 9.64. The fourth-order valence-corrected chi connectivity index (χ4v) is 4.09. The van der Waals surface area contributed by atoms with Gasteiger partial charge in [0, 0.05) is 43.3 Å². The molecule has 0 spiro atoms. The number of fused-ring (bicyclic) bond motifs is 1. The van der Waals surface area contributed by atoms with Crippen LogP contribution in [0.2, 0.25) is 0 Å². The van der Waals surface area contributed by atoms with E-state index in [1.54, 1.807) is 0 Å². The first kappa shape index (κ1) is 16.5. The van der Waals surface area contributed by atoms with Crippen LogP contribution in [0.1, 0.15) is 37.7 Å². The maximum Gasteiger partial charge on any atom is 0.223 e. The van der Waals surface area contributed by atoms with Crippen molar-refractivity contribution in [3.8, 4) is 0 Å². The lowest BCUT2D eigenvalue weighted by atomic mass is 9.84. The minimum atomic E-state index is 0.282. The number of carbonyl (C=O) groups is 1. The molecule has 4 rings (SSSR count). The van der Waals surface area contributed by atoms with Gasteiger partial charge in [-0.1, -0.05) is 24.6 Å². The highest BCUT2D eigenvalue weighted by Crippen LogP contribution is 2.27. The normalized spacial score (nSPS) is 21.8. The van der Waals surface area contributed by atoms with E-state index in [1.807, 2.05) is 12.4 Å². The van der Waals surface area contributed by atoms with Crippen molar-refractivity contribution < 1.29 is 4.79 Å². The molecule has 4 heteroatoms. The van der Waals surface area contributed by atoms with E-state index in [0.29, 0.717) is 11.8 Å². The van der Waals surface area contributed by atoms with Crippen LogP contribution in [0.25, 0.3) is 10.8 Å². The molecule has 1 saturated carbocycles. The number of pyridine rings is 1. The molecule has 1 saturated heterocycles. The molecule has 0 radical (unpaired) electrons. The van der Waals surface area contributed by atoms with Gasteiger partial charge in [0.2, 0.25) is 5.91 Å². The molecule has 1 amide bonds. The van der Waals surface area contributed by atoms with Gasteiger partial charge >= 0.3 is 0 Å². The third-order valence-corrected chi connectivity index (χ3v) is 5.81. The van der Waals surface area contributed by atoms with E-state index in [4.69, 9.17) is 0 Å². The summed E-state index contributed by atoms with van der Waals surface area (Å²) in [6, 6.07) is 8.59. The number of amides is 1. The summed E-state index contributed by atoms with van der Waals surface area (Å²) in [6.45, 7) is 4.04. The van der Waals surface area contributed by atoms with Crippen LogP contribution in [0, 0.1) is 11.8 Å². The van der Waals surface area contributed by atoms with Gasteiger partial charge < -0.3 is 5.32 Å². The lowest BCUT2D eigenvalue weighted by Crippen LogP contribution is -2.42. The standard InChI is InChI=1S/C21H27N3O/c25-21(17-5-1-6-17)23-12-16-4-3-11-24(14-16)15-19-8-2-7-18-13-22-10-9-20(18)19/h2,7-10,13,16-17H,1,3-6,11-12,14-15H2,(H,23,25)/t16-/m0/s1. The van der Waals surface area contributed by atoms with Gasteiger partial charge in [-0.15, -0.1) is 0 Å². The summed E-state index contributed by atoms with van der Waals surface area (Å²) in [4.78, 5) is 18.8. The Labute approximate surface area is 149 Å².